The Morgan fingerprint density at radius 2 is 2.00 bits per heavy atom. The van der Waals surface area contributed by atoms with E-state index < -0.39 is 11.6 Å². The lowest BCUT2D eigenvalue weighted by molar-refractivity contribution is -0.118. The second-order valence-electron chi connectivity index (χ2n) is 3.00. The Morgan fingerprint density at radius 3 is 2.57 bits per heavy atom. The van der Waals surface area contributed by atoms with Crippen LogP contribution in [-0.4, -0.2) is 12.3 Å². The maximum absolute atomic E-state index is 12.7. The zero-order valence-corrected chi connectivity index (χ0v) is 7.59. The van der Waals surface area contributed by atoms with Crippen molar-refractivity contribution in [2.24, 2.45) is 5.73 Å². The van der Waals surface area contributed by atoms with Gasteiger partial charge in [-0.05, 0) is 24.2 Å². The number of carbonyl (C=O) groups is 1. The number of nitrogens with two attached hydrogens (primary N) is 1. The van der Waals surface area contributed by atoms with Gasteiger partial charge in [-0.25, -0.2) is 8.78 Å². The SMILES string of the molecule is NCCC(=O)Cc1ccc(F)c(F)c1. The summed E-state index contributed by atoms with van der Waals surface area (Å²) in [7, 11) is 0. The smallest absolute Gasteiger partial charge is 0.159 e. The maximum atomic E-state index is 12.7. The van der Waals surface area contributed by atoms with Crippen molar-refractivity contribution in [3.8, 4) is 0 Å². The van der Waals surface area contributed by atoms with Gasteiger partial charge in [-0.15, -0.1) is 0 Å². The van der Waals surface area contributed by atoms with E-state index in [2.05, 4.69) is 0 Å². The highest BCUT2D eigenvalue weighted by Crippen LogP contribution is 2.09. The average molecular weight is 199 g/mol. The highest BCUT2D eigenvalue weighted by atomic mass is 19.2. The summed E-state index contributed by atoms with van der Waals surface area (Å²) in [4.78, 5) is 11.1. The average Bonchev–Trinajstić information content (AvgIpc) is 2.12. The van der Waals surface area contributed by atoms with E-state index in [1.54, 1.807) is 0 Å². The summed E-state index contributed by atoms with van der Waals surface area (Å²) in [6.45, 7) is 0.280. The minimum absolute atomic E-state index is 0.0708. The summed E-state index contributed by atoms with van der Waals surface area (Å²) in [6, 6.07) is 3.44. The van der Waals surface area contributed by atoms with Crippen LogP contribution in [0.25, 0.3) is 0 Å². The molecule has 0 heterocycles. The third-order valence-electron chi connectivity index (χ3n) is 1.81. The van der Waals surface area contributed by atoms with E-state index in [0.29, 0.717) is 5.56 Å². The number of hydrogen-bond acceptors (Lipinski definition) is 2. The first-order valence-corrected chi connectivity index (χ1v) is 4.29. The molecule has 0 fully saturated rings. The molecule has 1 aromatic carbocycles. The molecule has 0 saturated carbocycles. The molecule has 0 spiro atoms. The van der Waals surface area contributed by atoms with Crippen molar-refractivity contribution >= 4 is 5.78 Å². The van der Waals surface area contributed by atoms with Crippen LogP contribution < -0.4 is 5.73 Å². The topological polar surface area (TPSA) is 43.1 Å². The van der Waals surface area contributed by atoms with Crippen LogP contribution in [0.5, 0.6) is 0 Å². The van der Waals surface area contributed by atoms with Crippen molar-refractivity contribution in [1.82, 2.24) is 0 Å². The van der Waals surface area contributed by atoms with E-state index in [-0.39, 0.29) is 25.2 Å². The number of halogens is 2. The molecule has 14 heavy (non-hydrogen) atoms. The Balaban J connectivity index is 2.68. The molecule has 2 N–H and O–H groups in total. The summed E-state index contributed by atoms with van der Waals surface area (Å²) >= 11 is 0. The first-order valence-electron chi connectivity index (χ1n) is 4.29. The summed E-state index contributed by atoms with van der Waals surface area (Å²) < 4.78 is 25.2. The zero-order valence-electron chi connectivity index (χ0n) is 7.59. The molecule has 0 saturated heterocycles. The summed E-state index contributed by atoms with van der Waals surface area (Å²) in [5.74, 6) is -1.90. The predicted octanol–water partition coefficient (Wildman–Crippen LogP) is 1.43. The Kier molecular flexibility index (Phi) is 3.71. The van der Waals surface area contributed by atoms with Crippen molar-refractivity contribution in [3.05, 3.63) is 35.4 Å². The number of rotatable bonds is 4. The summed E-state index contributed by atoms with van der Waals surface area (Å²) in [5, 5.41) is 0. The molecular formula is C10H11F2NO. The molecule has 0 aromatic heterocycles. The number of ketones is 1. The first kappa shape index (κ1) is 10.8. The van der Waals surface area contributed by atoms with E-state index >= 15 is 0 Å². The van der Waals surface area contributed by atoms with Gasteiger partial charge in [0.2, 0.25) is 0 Å². The molecule has 0 amide bonds. The standard InChI is InChI=1S/C10H11F2NO/c11-9-2-1-7(6-10(9)12)5-8(14)3-4-13/h1-2,6H,3-5,13H2. The van der Waals surface area contributed by atoms with Gasteiger partial charge < -0.3 is 5.73 Å². The quantitative estimate of drug-likeness (QED) is 0.797. The van der Waals surface area contributed by atoms with Crippen molar-refractivity contribution in [2.75, 3.05) is 6.54 Å². The van der Waals surface area contributed by atoms with Gasteiger partial charge in [-0.2, -0.15) is 0 Å². The molecule has 0 aliphatic heterocycles. The third kappa shape index (κ3) is 2.88. The molecule has 0 radical (unpaired) electrons. The molecule has 0 unspecified atom stereocenters. The Labute approximate surface area is 80.7 Å². The van der Waals surface area contributed by atoms with Crippen LogP contribution in [0, 0.1) is 11.6 Å². The van der Waals surface area contributed by atoms with Crippen molar-refractivity contribution in [2.45, 2.75) is 12.8 Å². The van der Waals surface area contributed by atoms with Gasteiger partial charge in [-0.1, -0.05) is 6.07 Å². The first-order chi connectivity index (χ1) is 6.63. The van der Waals surface area contributed by atoms with E-state index in [0.717, 1.165) is 12.1 Å². The van der Waals surface area contributed by atoms with Gasteiger partial charge in [0.25, 0.3) is 0 Å². The van der Waals surface area contributed by atoms with Gasteiger partial charge in [0.1, 0.15) is 5.78 Å². The summed E-state index contributed by atoms with van der Waals surface area (Å²) in [6.07, 6.45) is 0.368. The van der Waals surface area contributed by atoms with Crippen LogP contribution >= 0.6 is 0 Å². The number of carbonyl (C=O) groups excluding carboxylic acids is 1. The lowest BCUT2D eigenvalue weighted by atomic mass is 10.1. The largest absolute Gasteiger partial charge is 0.330 e. The van der Waals surface area contributed by atoms with Gasteiger partial charge >= 0.3 is 0 Å². The number of benzene rings is 1. The monoisotopic (exact) mass is 199 g/mol. The van der Waals surface area contributed by atoms with Gasteiger partial charge in [-0.3, -0.25) is 4.79 Å². The molecule has 76 valence electrons. The van der Waals surface area contributed by atoms with Gasteiger partial charge in [0.15, 0.2) is 11.6 Å². The lowest BCUT2D eigenvalue weighted by Gasteiger charge is -2.00. The molecule has 0 bridgehead atoms. The molecule has 0 atom stereocenters. The normalized spacial score (nSPS) is 10.2. The van der Waals surface area contributed by atoms with Crippen LogP contribution in [0.2, 0.25) is 0 Å². The Bertz CT molecular complexity index is 339. The van der Waals surface area contributed by atoms with Crippen molar-refractivity contribution in [3.63, 3.8) is 0 Å². The fraction of sp³-hybridized carbons (Fsp3) is 0.300. The molecular weight excluding hydrogens is 188 g/mol. The third-order valence-corrected chi connectivity index (χ3v) is 1.81. The van der Waals surface area contributed by atoms with E-state index in [4.69, 9.17) is 5.73 Å². The van der Waals surface area contributed by atoms with Crippen LogP contribution in [0.15, 0.2) is 18.2 Å². The van der Waals surface area contributed by atoms with Crippen LogP contribution in [0.1, 0.15) is 12.0 Å². The van der Waals surface area contributed by atoms with Crippen LogP contribution in [0.3, 0.4) is 0 Å². The maximum Gasteiger partial charge on any atom is 0.159 e. The number of hydrogen-bond donors (Lipinski definition) is 1. The molecule has 0 aliphatic carbocycles. The van der Waals surface area contributed by atoms with Gasteiger partial charge in [0.05, 0.1) is 0 Å². The molecule has 1 aromatic rings. The molecule has 0 aliphatic rings. The molecule has 1 rings (SSSR count). The van der Waals surface area contributed by atoms with Crippen molar-refractivity contribution < 1.29 is 13.6 Å². The Morgan fingerprint density at radius 1 is 1.29 bits per heavy atom. The highest BCUT2D eigenvalue weighted by molar-refractivity contribution is 5.80. The number of Topliss-reactive ketones (excluding diaryl/α,β-unsaturated/α-hetero) is 1. The summed E-state index contributed by atoms with van der Waals surface area (Å²) in [5.41, 5.74) is 5.66. The zero-order chi connectivity index (χ0) is 10.6. The minimum Gasteiger partial charge on any atom is -0.330 e. The van der Waals surface area contributed by atoms with E-state index in [1.165, 1.54) is 6.07 Å². The fourth-order valence-corrected chi connectivity index (χ4v) is 1.13. The van der Waals surface area contributed by atoms with E-state index in [9.17, 15) is 13.6 Å². The highest BCUT2D eigenvalue weighted by Gasteiger charge is 2.06. The minimum atomic E-state index is -0.928. The Hall–Kier alpha value is -1.29. The van der Waals surface area contributed by atoms with Crippen LogP contribution in [-0.2, 0) is 11.2 Å². The predicted molar refractivity (Wildman–Crippen MR) is 48.7 cm³/mol. The lowest BCUT2D eigenvalue weighted by Crippen LogP contribution is -2.10. The van der Waals surface area contributed by atoms with Crippen LogP contribution in [0.4, 0.5) is 8.78 Å². The van der Waals surface area contributed by atoms with Crippen molar-refractivity contribution in [1.29, 1.82) is 0 Å². The fourth-order valence-electron chi connectivity index (χ4n) is 1.13. The van der Waals surface area contributed by atoms with Gasteiger partial charge in [0, 0.05) is 12.8 Å². The second-order valence-corrected chi connectivity index (χ2v) is 3.00. The second kappa shape index (κ2) is 4.81. The van der Waals surface area contributed by atoms with E-state index in [1.807, 2.05) is 0 Å². The molecule has 4 heteroatoms. The molecule has 2 nitrogen and oxygen atoms in total.